The Bertz CT molecular complexity index is 354. The minimum absolute atomic E-state index is 0.00268. The molecule has 0 amide bonds. The minimum Gasteiger partial charge on any atom is -0.409 e. The van der Waals surface area contributed by atoms with Crippen LogP contribution in [0, 0.1) is 0 Å². The van der Waals surface area contributed by atoms with E-state index in [4.69, 9.17) is 16.0 Å². The average Bonchev–Trinajstić information content (AvgIpc) is 2.28. The standard InChI is InChI=1S/C9H14N4O2/c1-13(5-6-14)9-7(8(10)12-15)3-2-4-11-9/h2-4,14-15H,5-6H2,1H3,(H2,10,12). The third kappa shape index (κ3) is 2.57. The molecule has 6 nitrogen and oxygen atoms in total. The highest BCUT2D eigenvalue weighted by molar-refractivity contribution is 6.01. The fraction of sp³-hybridized carbons (Fsp3) is 0.333. The molecule has 0 spiro atoms. The van der Waals surface area contributed by atoms with E-state index in [9.17, 15) is 0 Å². The topological polar surface area (TPSA) is 95.0 Å². The van der Waals surface area contributed by atoms with E-state index in [1.807, 2.05) is 0 Å². The molecule has 0 aliphatic carbocycles. The number of hydrogen-bond donors (Lipinski definition) is 3. The predicted molar refractivity (Wildman–Crippen MR) is 57.1 cm³/mol. The summed E-state index contributed by atoms with van der Waals surface area (Å²) in [4.78, 5) is 5.84. The normalized spacial score (nSPS) is 11.5. The van der Waals surface area contributed by atoms with Crippen LogP contribution in [0.4, 0.5) is 5.82 Å². The van der Waals surface area contributed by atoms with Gasteiger partial charge in [0.2, 0.25) is 0 Å². The highest BCUT2D eigenvalue weighted by atomic mass is 16.4. The molecule has 0 unspecified atom stereocenters. The maximum atomic E-state index is 8.80. The number of aliphatic hydroxyl groups excluding tert-OH is 1. The molecule has 0 bridgehead atoms. The minimum atomic E-state index is 0.00268. The van der Waals surface area contributed by atoms with Crippen LogP contribution in [0.1, 0.15) is 5.56 Å². The molecule has 4 N–H and O–H groups in total. The molecule has 0 aliphatic heterocycles. The lowest BCUT2D eigenvalue weighted by Crippen LogP contribution is -2.26. The SMILES string of the molecule is CN(CCO)c1ncccc1/C(N)=N/O. The Morgan fingerprint density at radius 2 is 2.40 bits per heavy atom. The third-order valence-corrected chi connectivity index (χ3v) is 1.97. The van der Waals surface area contributed by atoms with Crippen LogP contribution in [0.25, 0.3) is 0 Å². The van der Waals surface area contributed by atoms with Crippen LogP contribution in [-0.2, 0) is 0 Å². The summed E-state index contributed by atoms with van der Waals surface area (Å²) in [6, 6.07) is 3.40. The van der Waals surface area contributed by atoms with Crippen molar-refractivity contribution in [1.82, 2.24) is 4.98 Å². The van der Waals surface area contributed by atoms with Gasteiger partial charge in [0.05, 0.1) is 12.2 Å². The first-order valence-electron chi connectivity index (χ1n) is 4.45. The molecule has 15 heavy (non-hydrogen) atoms. The van der Waals surface area contributed by atoms with Gasteiger partial charge in [-0.05, 0) is 12.1 Å². The molecule has 1 heterocycles. The number of anilines is 1. The largest absolute Gasteiger partial charge is 0.409 e. The number of likely N-dealkylation sites (N-methyl/N-ethyl adjacent to an activating group) is 1. The number of nitrogens with zero attached hydrogens (tertiary/aromatic N) is 3. The maximum Gasteiger partial charge on any atom is 0.173 e. The van der Waals surface area contributed by atoms with Crippen LogP contribution in [0.3, 0.4) is 0 Å². The van der Waals surface area contributed by atoms with Gasteiger partial charge >= 0.3 is 0 Å². The Labute approximate surface area is 87.6 Å². The van der Waals surface area contributed by atoms with Crippen molar-refractivity contribution in [2.75, 3.05) is 25.1 Å². The van der Waals surface area contributed by atoms with Crippen molar-refractivity contribution in [2.24, 2.45) is 10.9 Å². The number of rotatable bonds is 4. The van der Waals surface area contributed by atoms with E-state index >= 15 is 0 Å². The molecule has 82 valence electrons. The summed E-state index contributed by atoms with van der Waals surface area (Å²) in [6.45, 7) is 0.450. The second kappa shape index (κ2) is 5.16. The Balaban J connectivity index is 3.06. The van der Waals surface area contributed by atoms with E-state index in [2.05, 4.69) is 10.1 Å². The van der Waals surface area contributed by atoms with Crippen LogP contribution >= 0.6 is 0 Å². The molecule has 0 aromatic carbocycles. The first kappa shape index (κ1) is 11.3. The molecule has 0 aliphatic rings. The summed E-state index contributed by atoms with van der Waals surface area (Å²) >= 11 is 0. The van der Waals surface area contributed by atoms with Crippen LogP contribution in [0.15, 0.2) is 23.5 Å². The van der Waals surface area contributed by atoms with Crippen LogP contribution < -0.4 is 10.6 Å². The molecule has 0 saturated heterocycles. The fourth-order valence-corrected chi connectivity index (χ4v) is 1.21. The molecular formula is C9H14N4O2. The molecule has 1 aromatic rings. The van der Waals surface area contributed by atoms with Crippen molar-refractivity contribution in [1.29, 1.82) is 0 Å². The summed E-state index contributed by atoms with van der Waals surface area (Å²) in [5.74, 6) is 0.574. The van der Waals surface area contributed by atoms with Gasteiger partial charge in [-0.3, -0.25) is 0 Å². The summed E-state index contributed by atoms with van der Waals surface area (Å²) < 4.78 is 0. The molecule has 1 rings (SSSR count). The number of oxime groups is 1. The van der Waals surface area contributed by atoms with Gasteiger partial charge in [-0.25, -0.2) is 4.98 Å². The zero-order valence-corrected chi connectivity index (χ0v) is 8.46. The number of pyridine rings is 1. The second-order valence-electron chi connectivity index (χ2n) is 3.00. The van der Waals surface area contributed by atoms with Gasteiger partial charge in [0, 0.05) is 19.8 Å². The Kier molecular flexibility index (Phi) is 3.87. The van der Waals surface area contributed by atoms with Gasteiger partial charge in [-0.2, -0.15) is 0 Å². The van der Waals surface area contributed by atoms with Gasteiger partial charge in [0.15, 0.2) is 5.84 Å². The van der Waals surface area contributed by atoms with Crippen LogP contribution in [0.2, 0.25) is 0 Å². The zero-order chi connectivity index (χ0) is 11.3. The monoisotopic (exact) mass is 210 g/mol. The molecule has 1 aromatic heterocycles. The van der Waals surface area contributed by atoms with E-state index in [1.165, 1.54) is 0 Å². The summed E-state index contributed by atoms with van der Waals surface area (Å²) in [5, 5.41) is 20.3. The molecule has 6 heteroatoms. The van der Waals surface area contributed by atoms with Gasteiger partial charge in [0.1, 0.15) is 5.82 Å². The van der Waals surface area contributed by atoms with Gasteiger partial charge in [-0.1, -0.05) is 5.16 Å². The van der Waals surface area contributed by atoms with Gasteiger partial charge < -0.3 is 20.9 Å². The zero-order valence-electron chi connectivity index (χ0n) is 8.46. The number of aliphatic hydroxyl groups is 1. The highest BCUT2D eigenvalue weighted by Gasteiger charge is 2.11. The third-order valence-electron chi connectivity index (χ3n) is 1.97. The van der Waals surface area contributed by atoms with Crippen molar-refractivity contribution in [3.63, 3.8) is 0 Å². The Morgan fingerprint density at radius 3 is 3.00 bits per heavy atom. The van der Waals surface area contributed by atoms with Crippen molar-refractivity contribution in [3.8, 4) is 0 Å². The quantitative estimate of drug-likeness (QED) is 0.272. The van der Waals surface area contributed by atoms with Crippen molar-refractivity contribution >= 4 is 11.7 Å². The fourth-order valence-electron chi connectivity index (χ4n) is 1.21. The molecule has 0 fully saturated rings. The van der Waals surface area contributed by atoms with E-state index in [-0.39, 0.29) is 12.4 Å². The van der Waals surface area contributed by atoms with E-state index < -0.39 is 0 Å². The summed E-state index contributed by atoms with van der Waals surface area (Å²) in [5.41, 5.74) is 6.04. The second-order valence-corrected chi connectivity index (χ2v) is 3.00. The molecule has 0 saturated carbocycles. The van der Waals surface area contributed by atoms with E-state index in [0.717, 1.165) is 0 Å². The Morgan fingerprint density at radius 1 is 1.67 bits per heavy atom. The number of nitrogens with two attached hydrogens (primary N) is 1. The lowest BCUT2D eigenvalue weighted by atomic mass is 10.2. The first-order valence-corrected chi connectivity index (χ1v) is 4.45. The average molecular weight is 210 g/mol. The molecular weight excluding hydrogens is 196 g/mol. The molecule has 0 radical (unpaired) electrons. The lowest BCUT2D eigenvalue weighted by Gasteiger charge is -2.19. The summed E-state index contributed by atoms with van der Waals surface area (Å²) in [7, 11) is 1.77. The predicted octanol–water partition coefficient (Wildman–Crippen LogP) is -0.395. The van der Waals surface area contributed by atoms with Crippen molar-refractivity contribution in [3.05, 3.63) is 23.9 Å². The highest BCUT2D eigenvalue weighted by Crippen LogP contribution is 2.14. The number of hydrogen-bond acceptors (Lipinski definition) is 5. The molecule has 0 atom stereocenters. The van der Waals surface area contributed by atoms with Gasteiger partial charge in [-0.15, -0.1) is 0 Å². The Hall–Kier alpha value is -1.82. The van der Waals surface area contributed by atoms with Crippen LogP contribution in [-0.4, -0.2) is 41.3 Å². The van der Waals surface area contributed by atoms with Gasteiger partial charge in [0.25, 0.3) is 0 Å². The van der Waals surface area contributed by atoms with Crippen molar-refractivity contribution in [2.45, 2.75) is 0 Å². The van der Waals surface area contributed by atoms with Crippen LogP contribution in [0.5, 0.6) is 0 Å². The van der Waals surface area contributed by atoms with Crippen molar-refractivity contribution < 1.29 is 10.3 Å². The lowest BCUT2D eigenvalue weighted by molar-refractivity contribution is 0.304. The van der Waals surface area contributed by atoms with E-state index in [1.54, 1.807) is 30.3 Å². The van der Waals surface area contributed by atoms with E-state index in [0.29, 0.717) is 17.9 Å². The maximum absolute atomic E-state index is 8.80. The smallest absolute Gasteiger partial charge is 0.173 e. The summed E-state index contributed by atoms with van der Waals surface area (Å²) in [6.07, 6.45) is 1.61. The first-order chi connectivity index (χ1) is 7.20. The number of amidine groups is 1. The number of aromatic nitrogens is 1.